The minimum Gasteiger partial charge on any atom is -0.497 e. The fourth-order valence-electron chi connectivity index (χ4n) is 4.70. The van der Waals surface area contributed by atoms with Crippen LogP contribution in [0, 0.1) is 11.8 Å². The fraction of sp³-hybridized carbons (Fsp3) is 0.500. The van der Waals surface area contributed by atoms with Gasteiger partial charge in [0.25, 0.3) is 0 Å². The summed E-state index contributed by atoms with van der Waals surface area (Å²) in [6.07, 6.45) is 9.23. The highest BCUT2D eigenvalue weighted by molar-refractivity contribution is 5.80. The van der Waals surface area contributed by atoms with Gasteiger partial charge in [-0.25, -0.2) is 0 Å². The highest BCUT2D eigenvalue weighted by atomic mass is 16.5. The molecule has 0 unspecified atom stereocenters. The molecule has 30 heavy (non-hydrogen) atoms. The van der Waals surface area contributed by atoms with Gasteiger partial charge in [-0.05, 0) is 62.0 Å². The molecular formula is C24H32N4O2. The maximum atomic E-state index is 13.4. The molecule has 2 aromatic rings. The molecule has 6 nitrogen and oxygen atoms in total. The maximum absolute atomic E-state index is 13.4. The number of hydrogen-bond donors (Lipinski definition) is 0. The first-order valence-corrected chi connectivity index (χ1v) is 10.9. The third-order valence-electron chi connectivity index (χ3n) is 6.53. The van der Waals surface area contributed by atoms with E-state index in [1.807, 2.05) is 41.0 Å². The van der Waals surface area contributed by atoms with Crippen molar-refractivity contribution in [3.8, 4) is 5.75 Å². The van der Waals surface area contributed by atoms with Crippen LogP contribution in [0.4, 0.5) is 0 Å². The van der Waals surface area contributed by atoms with E-state index in [9.17, 15) is 4.79 Å². The molecule has 2 aliphatic heterocycles. The van der Waals surface area contributed by atoms with E-state index in [0.29, 0.717) is 24.9 Å². The molecular weight excluding hydrogens is 376 g/mol. The van der Waals surface area contributed by atoms with Gasteiger partial charge in [-0.3, -0.25) is 14.4 Å². The van der Waals surface area contributed by atoms with Crippen LogP contribution in [0.15, 0.2) is 48.7 Å². The van der Waals surface area contributed by atoms with E-state index in [-0.39, 0.29) is 5.92 Å². The third kappa shape index (κ3) is 4.75. The van der Waals surface area contributed by atoms with Crippen LogP contribution in [0.5, 0.6) is 5.75 Å². The normalized spacial score (nSPS) is 21.1. The van der Waals surface area contributed by atoms with Crippen LogP contribution in [0.25, 0.3) is 0 Å². The minimum absolute atomic E-state index is 0.0909. The molecule has 160 valence electrons. The Hall–Kier alpha value is -2.60. The number of rotatable bonds is 6. The van der Waals surface area contributed by atoms with E-state index in [1.54, 1.807) is 7.11 Å². The Morgan fingerprint density at radius 1 is 1.13 bits per heavy atom. The predicted molar refractivity (Wildman–Crippen MR) is 117 cm³/mol. The summed E-state index contributed by atoms with van der Waals surface area (Å²) in [5.41, 5.74) is 2.36. The molecule has 0 radical (unpaired) electrons. The average Bonchev–Trinajstić information content (AvgIpc) is 3.08. The van der Waals surface area contributed by atoms with E-state index in [0.717, 1.165) is 50.2 Å². The number of benzene rings is 1. The lowest BCUT2D eigenvalue weighted by atomic mass is 9.81. The number of allylic oxidation sites excluding steroid dienone is 1. The van der Waals surface area contributed by atoms with Crippen LogP contribution in [-0.4, -0.2) is 52.2 Å². The van der Waals surface area contributed by atoms with Gasteiger partial charge in [0.05, 0.1) is 12.8 Å². The van der Waals surface area contributed by atoms with E-state index >= 15 is 0 Å². The lowest BCUT2D eigenvalue weighted by Gasteiger charge is -2.36. The molecule has 1 fully saturated rings. The van der Waals surface area contributed by atoms with E-state index in [2.05, 4.69) is 34.3 Å². The van der Waals surface area contributed by atoms with Crippen molar-refractivity contribution < 1.29 is 9.53 Å². The number of piperidine rings is 1. The number of ether oxygens (including phenoxy) is 1. The molecule has 1 aromatic carbocycles. The molecule has 1 amide bonds. The summed E-state index contributed by atoms with van der Waals surface area (Å²) in [7, 11) is 3.67. The second-order valence-electron chi connectivity index (χ2n) is 8.44. The molecule has 2 aliphatic rings. The number of carbonyl (C=O) groups is 1. The van der Waals surface area contributed by atoms with Gasteiger partial charge in [-0.15, -0.1) is 0 Å². The van der Waals surface area contributed by atoms with Gasteiger partial charge in [0, 0.05) is 38.8 Å². The first-order chi connectivity index (χ1) is 14.6. The van der Waals surface area contributed by atoms with Crippen molar-refractivity contribution >= 4 is 5.91 Å². The van der Waals surface area contributed by atoms with Gasteiger partial charge in [0.15, 0.2) is 0 Å². The summed E-state index contributed by atoms with van der Waals surface area (Å²) >= 11 is 0. The summed E-state index contributed by atoms with van der Waals surface area (Å²) in [5.74, 6) is 1.68. The molecule has 1 saturated heterocycles. The van der Waals surface area contributed by atoms with Crippen molar-refractivity contribution in [3.63, 3.8) is 0 Å². The highest BCUT2D eigenvalue weighted by Gasteiger charge is 2.34. The standard InChI is InChI=1S/C24H32N4O2/c1-26-21(9-12-25-26)18-27-14-10-20(11-15-27)23-8-3-4-13-28(24(23)29)17-19-6-5-7-22(16-19)30-2/h3-7,9,12,16,20,23H,8,10-11,13-15,17-18H2,1-2H3/t23-/m1/s1. The first-order valence-electron chi connectivity index (χ1n) is 10.9. The summed E-state index contributed by atoms with van der Waals surface area (Å²) in [4.78, 5) is 17.9. The summed E-state index contributed by atoms with van der Waals surface area (Å²) < 4.78 is 7.29. The second kappa shape index (κ2) is 9.47. The monoisotopic (exact) mass is 408 g/mol. The lowest BCUT2D eigenvalue weighted by Crippen LogP contribution is -2.42. The van der Waals surface area contributed by atoms with Crippen molar-refractivity contribution in [1.82, 2.24) is 19.6 Å². The van der Waals surface area contributed by atoms with Crippen molar-refractivity contribution in [2.24, 2.45) is 18.9 Å². The summed E-state index contributed by atoms with van der Waals surface area (Å²) in [5, 5.41) is 4.27. The molecule has 1 aromatic heterocycles. The largest absolute Gasteiger partial charge is 0.497 e. The average molecular weight is 409 g/mol. The zero-order valence-electron chi connectivity index (χ0n) is 18.0. The van der Waals surface area contributed by atoms with Crippen LogP contribution in [-0.2, 0) is 24.9 Å². The zero-order valence-corrected chi connectivity index (χ0v) is 18.0. The lowest BCUT2D eigenvalue weighted by molar-refractivity contribution is -0.137. The van der Waals surface area contributed by atoms with E-state index in [4.69, 9.17) is 4.74 Å². The molecule has 0 spiro atoms. The summed E-state index contributed by atoms with van der Waals surface area (Å²) in [6.45, 7) is 4.34. The van der Waals surface area contributed by atoms with Crippen molar-refractivity contribution in [2.75, 3.05) is 26.7 Å². The number of likely N-dealkylation sites (tertiary alicyclic amines) is 1. The van der Waals surface area contributed by atoms with Crippen LogP contribution in [0.2, 0.25) is 0 Å². The molecule has 6 heteroatoms. The Morgan fingerprint density at radius 2 is 1.97 bits per heavy atom. The van der Waals surface area contributed by atoms with Gasteiger partial charge in [-0.1, -0.05) is 24.3 Å². The van der Waals surface area contributed by atoms with Crippen molar-refractivity contribution in [3.05, 3.63) is 59.9 Å². The molecule has 0 aliphatic carbocycles. The number of aromatic nitrogens is 2. The number of carbonyl (C=O) groups excluding carboxylic acids is 1. The van der Waals surface area contributed by atoms with Crippen LogP contribution in [0.3, 0.4) is 0 Å². The molecule has 4 rings (SSSR count). The minimum atomic E-state index is 0.0909. The van der Waals surface area contributed by atoms with E-state index in [1.165, 1.54) is 5.69 Å². The predicted octanol–water partition coefficient (Wildman–Crippen LogP) is 3.25. The zero-order chi connectivity index (χ0) is 20.9. The number of nitrogens with zero attached hydrogens (tertiary/aromatic N) is 4. The van der Waals surface area contributed by atoms with Gasteiger partial charge in [-0.2, -0.15) is 5.10 Å². The van der Waals surface area contributed by atoms with Crippen LogP contribution >= 0.6 is 0 Å². The molecule has 3 heterocycles. The van der Waals surface area contributed by atoms with Gasteiger partial charge in [0.2, 0.25) is 5.91 Å². The smallest absolute Gasteiger partial charge is 0.226 e. The van der Waals surface area contributed by atoms with Crippen molar-refractivity contribution in [2.45, 2.75) is 32.4 Å². The number of amides is 1. The molecule has 0 N–H and O–H groups in total. The number of aryl methyl sites for hydroxylation is 1. The van der Waals surface area contributed by atoms with Gasteiger partial charge in [0.1, 0.15) is 5.75 Å². The van der Waals surface area contributed by atoms with Gasteiger partial charge < -0.3 is 9.64 Å². The second-order valence-corrected chi connectivity index (χ2v) is 8.44. The number of hydrogen-bond acceptors (Lipinski definition) is 4. The van der Waals surface area contributed by atoms with E-state index < -0.39 is 0 Å². The van der Waals surface area contributed by atoms with Crippen molar-refractivity contribution in [1.29, 1.82) is 0 Å². The Morgan fingerprint density at radius 3 is 2.70 bits per heavy atom. The summed E-state index contributed by atoms with van der Waals surface area (Å²) in [6, 6.07) is 10.1. The topological polar surface area (TPSA) is 50.6 Å². The Labute approximate surface area is 179 Å². The Kier molecular flexibility index (Phi) is 6.53. The molecule has 1 atom stereocenters. The number of methoxy groups -OCH3 is 1. The van der Waals surface area contributed by atoms with Crippen LogP contribution < -0.4 is 4.74 Å². The molecule has 0 saturated carbocycles. The van der Waals surface area contributed by atoms with Gasteiger partial charge >= 0.3 is 0 Å². The van der Waals surface area contributed by atoms with Crippen LogP contribution in [0.1, 0.15) is 30.5 Å². The first kappa shape index (κ1) is 20.7. The fourth-order valence-corrected chi connectivity index (χ4v) is 4.70. The quantitative estimate of drug-likeness (QED) is 0.689. The Bertz CT molecular complexity index is 883. The molecule has 0 bridgehead atoms. The maximum Gasteiger partial charge on any atom is 0.226 e. The SMILES string of the molecule is COc1cccc(CN2CC=CC[C@H](C3CCN(Cc4ccnn4C)CC3)C2=O)c1. The third-order valence-corrected chi connectivity index (χ3v) is 6.53. The Balaban J connectivity index is 1.37. The highest BCUT2D eigenvalue weighted by Crippen LogP contribution is 2.31.